The zero-order valence-electron chi connectivity index (χ0n) is 11.7. The van der Waals surface area contributed by atoms with E-state index in [0.717, 1.165) is 12.5 Å². The van der Waals surface area contributed by atoms with Gasteiger partial charge in [0.25, 0.3) is 0 Å². The Morgan fingerprint density at radius 2 is 1.67 bits per heavy atom. The molecule has 4 heteroatoms. The molecule has 0 aromatic heterocycles. The fraction of sp³-hybridized carbons (Fsp3) is 0.571. The van der Waals surface area contributed by atoms with Crippen LogP contribution in [-0.2, 0) is 0 Å². The lowest BCUT2D eigenvalue weighted by molar-refractivity contribution is 0.302. The molecule has 0 radical (unpaired) electrons. The molecular formula is C14H22F2N2. The summed E-state index contributed by atoms with van der Waals surface area (Å²) in [5.41, 5.74) is 5.69. The summed E-state index contributed by atoms with van der Waals surface area (Å²) in [6.45, 7) is 10.3. The Bertz CT molecular complexity index is 434. The first-order valence-corrected chi connectivity index (χ1v) is 6.03. The third kappa shape index (κ3) is 4.17. The predicted octanol–water partition coefficient (Wildman–Crippen LogP) is 4.17. The summed E-state index contributed by atoms with van der Waals surface area (Å²) in [7, 11) is 0. The second-order valence-corrected chi connectivity index (χ2v) is 6.60. The van der Waals surface area contributed by atoms with Crippen molar-refractivity contribution >= 4 is 11.4 Å². The van der Waals surface area contributed by atoms with Crippen molar-refractivity contribution in [3.05, 3.63) is 23.8 Å². The molecule has 0 unspecified atom stereocenters. The summed E-state index contributed by atoms with van der Waals surface area (Å²) >= 11 is 0. The lowest BCUT2D eigenvalue weighted by Crippen LogP contribution is -2.35. The zero-order valence-corrected chi connectivity index (χ0v) is 11.7. The maximum atomic E-state index is 13.3. The van der Waals surface area contributed by atoms with Gasteiger partial charge in [0.2, 0.25) is 0 Å². The van der Waals surface area contributed by atoms with E-state index in [2.05, 4.69) is 26.1 Å². The van der Waals surface area contributed by atoms with Gasteiger partial charge in [-0.05, 0) is 31.7 Å². The van der Waals surface area contributed by atoms with Gasteiger partial charge < -0.3 is 11.1 Å². The first kappa shape index (κ1) is 14.7. The summed E-state index contributed by atoms with van der Waals surface area (Å²) in [5.74, 6) is -1.36. The van der Waals surface area contributed by atoms with E-state index in [1.165, 1.54) is 6.07 Å². The average Bonchev–Trinajstić information content (AvgIpc) is 2.08. The van der Waals surface area contributed by atoms with Gasteiger partial charge in [-0.1, -0.05) is 20.8 Å². The summed E-state index contributed by atoms with van der Waals surface area (Å²) < 4.78 is 26.5. The van der Waals surface area contributed by atoms with E-state index in [1.807, 2.05) is 13.8 Å². The second-order valence-electron chi connectivity index (χ2n) is 6.60. The number of nitrogens with one attached hydrogen (secondary N) is 1. The predicted molar refractivity (Wildman–Crippen MR) is 72.5 cm³/mol. The fourth-order valence-corrected chi connectivity index (χ4v) is 2.42. The second kappa shape index (κ2) is 4.75. The lowest BCUT2D eigenvalue weighted by Gasteiger charge is -2.34. The summed E-state index contributed by atoms with van der Waals surface area (Å²) in [6.07, 6.45) is 0.845. The molecule has 18 heavy (non-hydrogen) atoms. The Morgan fingerprint density at radius 3 is 2.17 bits per heavy atom. The van der Waals surface area contributed by atoms with Crippen LogP contribution in [0.3, 0.4) is 0 Å². The van der Waals surface area contributed by atoms with Gasteiger partial charge in [0.05, 0.1) is 11.4 Å². The molecule has 0 amide bonds. The SMILES string of the molecule is CC(C)(C)CC(C)(C)Nc1cc(F)cc(F)c1N. The highest BCUT2D eigenvalue weighted by Crippen LogP contribution is 2.32. The lowest BCUT2D eigenvalue weighted by atomic mass is 9.81. The Labute approximate surface area is 108 Å². The summed E-state index contributed by atoms with van der Waals surface area (Å²) in [4.78, 5) is 0. The van der Waals surface area contributed by atoms with Gasteiger partial charge in [0.15, 0.2) is 5.82 Å². The molecule has 0 atom stereocenters. The first-order valence-electron chi connectivity index (χ1n) is 6.03. The molecule has 2 nitrogen and oxygen atoms in total. The highest BCUT2D eigenvalue weighted by atomic mass is 19.1. The normalized spacial score (nSPS) is 12.6. The van der Waals surface area contributed by atoms with E-state index in [4.69, 9.17) is 5.73 Å². The third-order valence-electron chi connectivity index (χ3n) is 2.54. The van der Waals surface area contributed by atoms with Crippen LogP contribution in [0.25, 0.3) is 0 Å². The number of rotatable bonds is 3. The molecule has 0 fully saturated rings. The largest absolute Gasteiger partial charge is 0.395 e. The van der Waals surface area contributed by atoms with Crippen molar-refractivity contribution in [3.63, 3.8) is 0 Å². The first-order chi connectivity index (χ1) is 8.00. The number of anilines is 2. The minimum Gasteiger partial charge on any atom is -0.395 e. The van der Waals surface area contributed by atoms with E-state index >= 15 is 0 Å². The van der Waals surface area contributed by atoms with Crippen molar-refractivity contribution in [1.82, 2.24) is 0 Å². The molecule has 0 saturated heterocycles. The molecule has 0 aliphatic carbocycles. The molecule has 3 N–H and O–H groups in total. The topological polar surface area (TPSA) is 38.0 Å². The molecule has 1 rings (SSSR count). The van der Waals surface area contributed by atoms with E-state index in [9.17, 15) is 8.78 Å². The maximum absolute atomic E-state index is 13.3. The van der Waals surface area contributed by atoms with Crippen LogP contribution in [0.4, 0.5) is 20.2 Å². The van der Waals surface area contributed by atoms with Crippen molar-refractivity contribution in [1.29, 1.82) is 0 Å². The molecule has 0 aliphatic rings. The van der Waals surface area contributed by atoms with Crippen molar-refractivity contribution in [2.24, 2.45) is 5.41 Å². The number of hydrogen-bond acceptors (Lipinski definition) is 2. The average molecular weight is 256 g/mol. The standard InChI is InChI=1S/C14H22F2N2/c1-13(2,3)8-14(4,5)18-11-7-9(15)6-10(16)12(11)17/h6-7,18H,8,17H2,1-5H3. The van der Waals surface area contributed by atoms with Gasteiger partial charge in [-0.3, -0.25) is 0 Å². The van der Waals surface area contributed by atoms with Crippen molar-refractivity contribution in [3.8, 4) is 0 Å². The van der Waals surface area contributed by atoms with Crippen LogP contribution >= 0.6 is 0 Å². The van der Waals surface area contributed by atoms with E-state index in [0.29, 0.717) is 5.69 Å². The minimum absolute atomic E-state index is 0.0432. The van der Waals surface area contributed by atoms with Crippen molar-refractivity contribution < 1.29 is 8.78 Å². The van der Waals surface area contributed by atoms with Crippen LogP contribution in [0.1, 0.15) is 41.0 Å². The van der Waals surface area contributed by atoms with E-state index < -0.39 is 11.6 Å². The van der Waals surface area contributed by atoms with Crippen molar-refractivity contribution in [2.75, 3.05) is 11.1 Å². The highest BCUT2D eigenvalue weighted by molar-refractivity contribution is 5.67. The number of benzene rings is 1. The molecule has 1 aromatic carbocycles. The molecule has 0 saturated carbocycles. The number of halogens is 2. The monoisotopic (exact) mass is 256 g/mol. The summed E-state index contributed by atoms with van der Waals surface area (Å²) in [6, 6.07) is 2.01. The van der Waals surface area contributed by atoms with Crippen LogP contribution in [-0.4, -0.2) is 5.54 Å². The Morgan fingerprint density at radius 1 is 1.11 bits per heavy atom. The van der Waals surface area contributed by atoms with Crippen LogP contribution < -0.4 is 11.1 Å². The quantitative estimate of drug-likeness (QED) is 0.796. The minimum atomic E-state index is -0.732. The smallest absolute Gasteiger partial charge is 0.151 e. The molecule has 1 aromatic rings. The van der Waals surface area contributed by atoms with Gasteiger partial charge in [0.1, 0.15) is 5.82 Å². The Hall–Kier alpha value is -1.32. The molecule has 0 bridgehead atoms. The summed E-state index contributed by atoms with van der Waals surface area (Å²) in [5, 5.41) is 3.12. The van der Waals surface area contributed by atoms with Crippen LogP contribution in [0.15, 0.2) is 12.1 Å². The fourth-order valence-electron chi connectivity index (χ4n) is 2.42. The number of nitrogen functional groups attached to an aromatic ring is 1. The van der Waals surface area contributed by atoms with Crippen LogP contribution in [0.5, 0.6) is 0 Å². The van der Waals surface area contributed by atoms with Crippen LogP contribution in [0.2, 0.25) is 0 Å². The molecule has 102 valence electrons. The zero-order chi connectivity index (χ0) is 14.1. The Balaban J connectivity index is 2.97. The van der Waals surface area contributed by atoms with E-state index in [1.54, 1.807) is 0 Å². The van der Waals surface area contributed by atoms with E-state index in [-0.39, 0.29) is 16.6 Å². The van der Waals surface area contributed by atoms with Gasteiger partial charge in [0, 0.05) is 11.6 Å². The number of nitrogens with two attached hydrogens (primary N) is 1. The van der Waals surface area contributed by atoms with Crippen molar-refractivity contribution in [2.45, 2.75) is 46.6 Å². The third-order valence-corrected chi connectivity index (χ3v) is 2.54. The van der Waals surface area contributed by atoms with Gasteiger partial charge in [-0.25, -0.2) is 8.78 Å². The Kier molecular flexibility index (Phi) is 3.89. The molecule has 0 heterocycles. The molecular weight excluding hydrogens is 234 g/mol. The van der Waals surface area contributed by atoms with Gasteiger partial charge in [-0.15, -0.1) is 0 Å². The van der Waals surface area contributed by atoms with Gasteiger partial charge >= 0.3 is 0 Å². The number of hydrogen-bond donors (Lipinski definition) is 2. The highest BCUT2D eigenvalue weighted by Gasteiger charge is 2.26. The van der Waals surface area contributed by atoms with Crippen LogP contribution in [0, 0.1) is 17.0 Å². The maximum Gasteiger partial charge on any atom is 0.151 e. The molecule has 0 spiro atoms. The molecule has 0 aliphatic heterocycles. The van der Waals surface area contributed by atoms with Gasteiger partial charge in [-0.2, -0.15) is 0 Å².